The van der Waals surface area contributed by atoms with Gasteiger partial charge in [-0.2, -0.15) is 5.48 Å². The molecule has 14 heavy (non-hydrogen) atoms. The summed E-state index contributed by atoms with van der Waals surface area (Å²) in [6.45, 7) is 2.87. The number of nitrogens with one attached hydrogen (secondary N) is 1. The number of hydroxylamine groups is 1. The van der Waals surface area contributed by atoms with Crippen LogP contribution in [0, 0.1) is 6.92 Å². The molecule has 0 aromatic heterocycles. The average Bonchev–Trinajstić information content (AvgIpc) is 2.66. The average molecular weight is 212 g/mol. The topological polar surface area (TPSA) is 21.3 Å². The van der Waals surface area contributed by atoms with E-state index in [4.69, 9.17) is 16.4 Å². The summed E-state index contributed by atoms with van der Waals surface area (Å²) in [5, 5.41) is 0.849. The second kappa shape index (κ2) is 4.30. The van der Waals surface area contributed by atoms with Crippen LogP contribution < -0.4 is 5.48 Å². The molecule has 1 aliphatic heterocycles. The van der Waals surface area contributed by atoms with Crippen molar-refractivity contribution in [1.82, 2.24) is 5.48 Å². The molecule has 3 heteroatoms. The van der Waals surface area contributed by atoms with Gasteiger partial charge in [-0.05, 0) is 37.0 Å². The van der Waals surface area contributed by atoms with Crippen molar-refractivity contribution in [3.63, 3.8) is 0 Å². The van der Waals surface area contributed by atoms with Crippen LogP contribution in [-0.4, -0.2) is 12.6 Å². The minimum absolute atomic E-state index is 0.437. The van der Waals surface area contributed by atoms with Crippen LogP contribution in [0.4, 0.5) is 0 Å². The Morgan fingerprint density at radius 2 is 2.43 bits per heavy atom. The van der Waals surface area contributed by atoms with Crippen LogP contribution in [0.1, 0.15) is 17.5 Å². The fourth-order valence-corrected chi connectivity index (χ4v) is 1.91. The summed E-state index contributed by atoms with van der Waals surface area (Å²) < 4.78 is 0. The molecule has 0 amide bonds. The molecule has 2 rings (SSSR count). The van der Waals surface area contributed by atoms with Crippen molar-refractivity contribution in [2.24, 2.45) is 0 Å². The summed E-state index contributed by atoms with van der Waals surface area (Å²) in [5.41, 5.74) is 5.50. The Hall–Kier alpha value is -0.570. The first-order chi connectivity index (χ1) is 6.77. The standard InChI is InChI=1S/C11H14ClNO/c1-8-9(3-2-4-11(8)12)7-10-5-6-14-13-10/h2-4,10,13H,5-7H2,1H3/t10-/m1/s1. The molecule has 0 aliphatic carbocycles. The van der Waals surface area contributed by atoms with E-state index in [0.717, 1.165) is 24.5 Å². The van der Waals surface area contributed by atoms with Crippen molar-refractivity contribution in [1.29, 1.82) is 0 Å². The molecule has 0 saturated carbocycles. The van der Waals surface area contributed by atoms with Gasteiger partial charge < -0.3 is 4.84 Å². The fraction of sp³-hybridized carbons (Fsp3) is 0.455. The first-order valence-electron chi connectivity index (χ1n) is 4.88. The molecule has 0 bridgehead atoms. The van der Waals surface area contributed by atoms with Crippen LogP contribution in [0.5, 0.6) is 0 Å². The van der Waals surface area contributed by atoms with Crippen molar-refractivity contribution >= 4 is 11.6 Å². The number of benzene rings is 1. The summed E-state index contributed by atoms with van der Waals surface area (Å²) >= 11 is 6.05. The van der Waals surface area contributed by atoms with E-state index in [-0.39, 0.29) is 0 Å². The van der Waals surface area contributed by atoms with Crippen molar-refractivity contribution in [2.45, 2.75) is 25.8 Å². The van der Waals surface area contributed by atoms with Crippen molar-refractivity contribution in [3.05, 3.63) is 34.3 Å². The van der Waals surface area contributed by atoms with Gasteiger partial charge in [0.15, 0.2) is 0 Å². The summed E-state index contributed by atoms with van der Waals surface area (Å²) in [5.74, 6) is 0. The molecular formula is C11H14ClNO. The van der Waals surface area contributed by atoms with E-state index in [1.165, 1.54) is 11.1 Å². The third-order valence-electron chi connectivity index (χ3n) is 2.66. The maximum Gasteiger partial charge on any atom is 0.0698 e. The van der Waals surface area contributed by atoms with Gasteiger partial charge in [0, 0.05) is 11.1 Å². The molecule has 0 radical (unpaired) electrons. The minimum Gasteiger partial charge on any atom is -0.301 e. The van der Waals surface area contributed by atoms with E-state index in [1.54, 1.807) is 0 Å². The monoisotopic (exact) mass is 211 g/mol. The molecular weight excluding hydrogens is 198 g/mol. The highest BCUT2D eigenvalue weighted by Gasteiger charge is 2.16. The Balaban J connectivity index is 2.11. The highest BCUT2D eigenvalue weighted by atomic mass is 35.5. The zero-order valence-corrected chi connectivity index (χ0v) is 8.97. The van der Waals surface area contributed by atoms with Gasteiger partial charge in [-0.25, -0.2) is 0 Å². The zero-order chi connectivity index (χ0) is 9.97. The predicted octanol–water partition coefficient (Wildman–Crippen LogP) is 2.48. The second-order valence-electron chi connectivity index (χ2n) is 3.68. The van der Waals surface area contributed by atoms with Gasteiger partial charge in [-0.3, -0.25) is 0 Å². The Kier molecular flexibility index (Phi) is 3.06. The van der Waals surface area contributed by atoms with E-state index in [9.17, 15) is 0 Å². The second-order valence-corrected chi connectivity index (χ2v) is 4.09. The molecule has 1 N–H and O–H groups in total. The highest BCUT2D eigenvalue weighted by molar-refractivity contribution is 6.31. The Morgan fingerprint density at radius 3 is 3.14 bits per heavy atom. The van der Waals surface area contributed by atoms with E-state index >= 15 is 0 Å². The van der Waals surface area contributed by atoms with Gasteiger partial charge in [0.2, 0.25) is 0 Å². The highest BCUT2D eigenvalue weighted by Crippen LogP contribution is 2.21. The van der Waals surface area contributed by atoms with Crippen LogP contribution >= 0.6 is 11.6 Å². The number of halogens is 1. The summed E-state index contributed by atoms with van der Waals surface area (Å²) in [6.07, 6.45) is 2.07. The van der Waals surface area contributed by atoms with Crippen LogP contribution in [0.2, 0.25) is 5.02 Å². The lowest BCUT2D eigenvalue weighted by Crippen LogP contribution is -2.22. The van der Waals surface area contributed by atoms with E-state index < -0.39 is 0 Å². The molecule has 1 heterocycles. The molecule has 0 spiro atoms. The van der Waals surface area contributed by atoms with Crippen molar-refractivity contribution in [3.8, 4) is 0 Å². The lowest BCUT2D eigenvalue weighted by Gasteiger charge is -2.11. The fourth-order valence-electron chi connectivity index (χ4n) is 1.72. The molecule has 1 fully saturated rings. The summed E-state index contributed by atoms with van der Waals surface area (Å²) in [6, 6.07) is 6.49. The predicted molar refractivity (Wildman–Crippen MR) is 57.4 cm³/mol. The smallest absolute Gasteiger partial charge is 0.0698 e. The largest absolute Gasteiger partial charge is 0.301 e. The molecule has 0 unspecified atom stereocenters. The van der Waals surface area contributed by atoms with E-state index in [1.807, 2.05) is 12.1 Å². The lowest BCUT2D eigenvalue weighted by molar-refractivity contribution is 0.0882. The van der Waals surface area contributed by atoms with Crippen molar-refractivity contribution < 1.29 is 4.84 Å². The number of rotatable bonds is 2. The van der Waals surface area contributed by atoms with E-state index in [0.29, 0.717) is 6.04 Å². The van der Waals surface area contributed by atoms with Gasteiger partial charge in [-0.15, -0.1) is 0 Å². The molecule has 1 aromatic carbocycles. The molecule has 1 atom stereocenters. The maximum atomic E-state index is 6.05. The quantitative estimate of drug-likeness (QED) is 0.812. The minimum atomic E-state index is 0.437. The summed E-state index contributed by atoms with van der Waals surface area (Å²) in [4.78, 5) is 5.12. The molecule has 1 saturated heterocycles. The maximum absolute atomic E-state index is 6.05. The van der Waals surface area contributed by atoms with Gasteiger partial charge in [0.1, 0.15) is 0 Å². The number of hydrogen-bond acceptors (Lipinski definition) is 2. The molecule has 1 aliphatic rings. The molecule has 76 valence electrons. The van der Waals surface area contributed by atoms with Crippen LogP contribution in [-0.2, 0) is 11.3 Å². The van der Waals surface area contributed by atoms with Crippen LogP contribution in [0.15, 0.2) is 18.2 Å². The third-order valence-corrected chi connectivity index (χ3v) is 3.07. The van der Waals surface area contributed by atoms with E-state index in [2.05, 4.69) is 18.5 Å². The van der Waals surface area contributed by atoms with Gasteiger partial charge in [0.25, 0.3) is 0 Å². The molecule has 1 aromatic rings. The Bertz CT molecular complexity index is 321. The van der Waals surface area contributed by atoms with Gasteiger partial charge in [0.05, 0.1) is 6.61 Å². The third kappa shape index (κ3) is 2.08. The van der Waals surface area contributed by atoms with Gasteiger partial charge >= 0.3 is 0 Å². The van der Waals surface area contributed by atoms with Crippen LogP contribution in [0.3, 0.4) is 0 Å². The SMILES string of the molecule is Cc1c(Cl)cccc1C[C@H]1CCON1. The Morgan fingerprint density at radius 1 is 1.57 bits per heavy atom. The first kappa shape index (κ1) is 9.97. The number of hydrogen-bond donors (Lipinski definition) is 1. The lowest BCUT2D eigenvalue weighted by atomic mass is 10.0. The Labute approximate surface area is 89.2 Å². The molecule has 2 nitrogen and oxygen atoms in total. The van der Waals surface area contributed by atoms with Gasteiger partial charge in [-0.1, -0.05) is 23.7 Å². The zero-order valence-electron chi connectivity index (χ0n) is 8.22. The normalized spacial score (nSPS) is 21.4. The van der Waals surface area contributed by atoms with Crippen molar-refractivity contribution in [2.75, 3.05) is 6.61 Å². The summed E-state index contributed by atoms with van der Waals surface area (Å²) in [7, 11) is 0. The first-order valence-corrected chi connectivity index (χ1v) is 5.26. The van der Waals surface area contributed by atoms with Crippen LogP contribution in [0.25, 0.3) is 0 Å².